The molecule has 0 aromatic rings. The number of methoxy groups -OCH3 is 1. The van der Waals surface area contributed by atoms with E-state index in [1.807, 2.05) is 0 Å². The minimum absolute atomic E-state index is 0.0570. The minimum Gasteiger partial charge on any atom is -0.465 e. The second-order valence-corrected chi connectivity index (χ2v) is 7.27. The molecule has 2 aliphatic heterocycles. The van der Waals surface area contributed by atoms with Crippen molar-refractivity contribution in [3.05, 3.63) is 11.6 Å². The smallest absolute Gasteiger partial charge is 0.367 e. The number of fused-ring (bicyclic) bond motifs is 4. The van der Waals surface area contributed by atoms with Gasteiger partial charge in [-0.15, -0.1) is 0 Å². The molecule has 24 heavy (non-hydrogen) atoms. The maximum atomic E-state index is 12.4. The molecule has 8 heteroatoms. The van der Waals surface area contributed by atoms with E-state index >= 15 is 0 Å². The van der Waals surface area contributed by atoms with E-state index in [1.165, 1.54) is 6.08 Å². The zero-order valence-electron chi connectivity index (χ0n) is 13.5. The molecule has 2 saturated heterocycles. The molecule has 0 aromatic heterocycles. The lowest BCUT2D eigenvalue weighted by Crippen LogP contribution is -2.63. The Morgan fingerprint density at radius 3 is 2.67 bits per heavy atom. The van der Waals surface area contributed by atoms with Gasteiger partial charge >= 0.3 is 11.9 Å². The highest BCUT2D eigenvalue weighted by Gasteiger charge is 2.84. The van der Waals surface area contributed by atoms with Crippen molar-refractivity contribution in [2.45, 2.75) is 37.8 Å². The van der Waals surface area contributed by atoms with Crippen molar-refractivity contribution < 1.29 is 38.8 Å². The summed E-state index contributed by atoms with van der Waals surface area (Å²) in [5.41, 5.74) is -4.43. The summed E-state index contributed by atoms with van der Waals surface area (Å²) in [6, 6.07) is 0. The lowest BCUT2D eigenvalue weighted by molar-refractivity contribution is -0.253. The minimum atomic E-state index is -2.45. The molecule has 2 N–H and O–H groups in total. The number of ketones is 1. The summed E-state index contributed by atoms with van der Waals surface area (Å²) in [4.78, 5) is 37.0. The first-order chi connectivity index (χ1) is 11.1. The molecule has 0 radical (unpaired) electrons. The van der Waals surface area contributed by atoms with Crippen LogP contribution in [0.2, 0.25) is 0 Å². The van der Waals surface area contributed by atoms with Gasteiger partial charge in [-0.1, -0.05) is 6.92 Å². The molecule has 130 valence electrons. The molecule has 2 heterocycles. The number of aliphatic hydroxyl groups is 2. The first kappa shape index (κ1) is 15.7. The molecular weight excluding hydrogens is 320 g/mol. The Morgan fingerprint density at radius 2 is 2.04 bits per heavy atom. The van der Waals surface area contributed by atoms with Gasteiger partial charge in [0.2, 0.25) is 5.60 Å². The van der Waals surface area contributed by atoms with Crippen LogP contribution in [0.15, 0.2) is 11.6 Å². The van der Waals surface area contributed by atoms with E-state index in [0.717, 1.165) is 7.11 Å². The Bertz CT molecular complexity index is 728. The monoisotopic (exact) mass is 338 g/mol. The number of hydrogen-bond acceptors (Lipinski definition) is 8. The predicted molar refractivity (Wildman–Crippen MR) is 75.2 cm³/mol. The average molecular weight is 338 g/mol. The van der Waals surface area contributed by atoms with E-state index in [-0.39, 0.29) is 18.8 Å². The Morgan fingerprint density at radius 1 is 1.38 bits per heavy atom. The average Bonchev–Trinajstić information content (AvgIpc) is 3.09. The van der Waals surface area contributed by atoms with Gasteiger partial charge in [-0.05, 0) is 25.0 Å². The highest BCUT2D eigenvalue weighted by Crippen LogP contribution is 2.71. The van der Waals surface area contributed by atoms with Gasteiger partial charge < -0.3 is 24.4 Å². The van der Waals surface area contributed by atoms with Gasteiger partial charge in [-0.2, -0.15) is 0 Å². The van der Waals surface area contributed by atoms with E-state index in [2.05, 4.69) is 0 Å². The summed E-state index contributed by atoms with van der Waals surface area (Å²) in [6.45, 7) is 3.02. The summed E-state index contributed by atoms with van der Waals surface area (Å²) >= 11 is 0. The molecule has 1 saturated carbocycles. The Kier molecular flexibility index (Phi) is 2.67. The lowest BCUT2D eigenvalue weighted by atomic mass is 9.51. The van der Waals surface area contributed by atoms with E-state index < -0.39 is 46.2 Å². The number of hydrogen-bond donors (Lipinski definition) is 2. The van der Waals surface area contributed by atoms with Gasteiger partial charge in [0.25, 0.3) is 5.79 Å². The molecule has 4 rings (SSSR count). The Hall–Kier alpha value is -1.77. The fourth-order valence-corrected chi connectivity index (χ4v) is 5.10. The zero-order chi connectivity index (χ0) is 17.7. The maximum absolute atomic E-state index is 12.4. The Balaban J connectivity index is 2.03. The predicted octanol–water partition coefficient (Wildman–Crippen LogP) is -0.924. The van der Waals surface area contributed by atoms with Crippen molar-refractivity contribution in [3.63, 3.8) is 0 Å². The van der Waals surface area contributed by atoms with Crippen LogP contribution in [0, 0.1) is 16.7 Å². The third kappa shape index (κ3) is 1.22. The van der Waals surface area contributed by atoms with Gasteiger partial charge in [0, 0.05) is 5.92 Å². The zero-order valence-corrected chi connectivity index (χ0v) is 13.5. The van der Waals surface area contributed by atoms with Crippen LogP contribution in [-0.2, 0) is 28.6 Å². The quantitative estimate of drug-likeness (QED) is 0.589. The third-order valence-electron chi connectivity index (χ3n) is 6.52. The highest BCUT2D eigenvalue weighted by atomic mass is 16.7. The van der Waals surface area contributed by atoms with Gasteiger partial charge in [0.15, 0.2) is 5.78 Å². The normalized spacial score (nSPS) is 51.8. The fraction of sp³-hybridized carbons (Fsp3) is 0.688. The van der Waals surface area contributed by atoms with Gasteiger partial charge in [-0.3, -0.25) is 4.79 Å². The standard InChI is InChI=1S/C16H18O8/c1-7-8(17)4-9-13(2)6-23-11(18)15(13,20)10-5-14(7,9)16(21,24-10)12(19)22-3/h4,7,10,20-21H,5-6H2,1-3H3/t7-,10+,13-,14+,15+,16-/m0/s1. The molecule has 4 aliphatic rings. The van der Waals surface area contributed by atoms with Crippen molar-refractivity contribution in [2.75, 3.05) is 13.7 Å². The van der Waals surface area contributed by atoms with E-state index in [0.29, 0.717) is 5.57 Å². The molecule has 1 spiro atoms. The van der Waals surface area contributed by atoms with Crippen LogP contribution in [0.25, 0.3) is 0 Å². The number of allylic oxidation sites excluding steroid dienone is 1. The fourth-order valence-electron chi connectivity index (χ4n) is 5.10. The van der Waals surface area contributed by atoms with Crippen molar-refractivity contribution in [3.8, 4) is 0 Å². The van der Waals surface area contributed by atoms with Crippen LogP contribution in [0.5, 0.6) is 0 Å². The summed E-state index contributed by atoms with van der Waals surface area (Å²) < 4.78 is 15.3. The number of esters is 2. The van der Waals surface area contributed by atoms with Crippen molar-refractivity contribution >= 4 is 17.7 Å². The first-order valence-corrected chi connectivity index (χ1v) is 7.74. The number of rotatable bonds is 1. The number of carbonyl (C=O) groups excluding carboxylic acids is 3. The SMILES string of the molecule is COC(=O)[C@]1(O)O[C@@H]2C[C@@]13C(=CC(=O)[C@@H]3C)[C@]1(C)COC(=O)[C@]21O. The molecule has 0 unspecified atom stereocenters. The van der Waals surface area contributed by atoms with Crippen molar-refractivity contribution in [2.24, 2.45) is 16.7 Å². The molecule has 0 amide bonds. The summed E-state index contributed by atoms with van der Waals surface area (Å²) in [5, 5.41) is 22.2. The number of carbonyl (C=O) groups is 3. The van der Waals surface area contributed by atoms with Crippen molar-refractivity contribution in [1.29, 1.82) is 0 Å². The molecular formula is C16H18O8. The van der Waals surface area contributed by atoms with Crippen LogP contribution in [0.1, 0.15) is 20.3 Å². The summed E-state index contributed by atoms with van der Waals surface area (Å²) in [6.07, 6.45) is 0.0571. The molecule has 2 aliphatic carbocycles. The van der Waals surface area contributed by atoms with E-state index in [1.54, 1.807) is 13.8 Å². The molecule has 6 atom stereocenters. The Labute approximate surface area is 137 Å². The first-order valence-electron chi connectivity index (χ1n) is 7.74. The van der Waals surface area contributed by atoms with Crippen LogP contribution in [0.3, 0.4) is 0 Å². The molecule has 3 fully saturated rings. The number of cyclic esters (lactones) is 1. The van der Waals surface area contributed by atoms with Gasteiger partial charge in [0.1, 0.15) is 12.7 Å². The van der Waals surface area contributed by atoms with Crippen LogP contribution in [0.4, 0.5) is 0 Å². The second kappa shape index (κ2) is 4.07. The topological polar surface area (TPSA) is 119 Å². The molecule has 8 nitrogen and oxygen atoms in total. The van der Waals surface area contributed by atoms with Crippen LogP contribution in [-0.4, -0.2) is 59.1 Å². The summed E-state index contributed by atoms with van der Waals surface area (Å²) in [5.74, 6) is -5.46. The number of ether oxygens (including phenoxy) is 3. The van der Waals surface area contributed by atoms with Crippen LogP contribution < -0.4 is 0 Å². The largest absolute Gasteiger partial charge is 0.465 e. The van der Waals surface area contributed by atoms with E-state index in [4.69, 9.17) is 14.2 Å². The second-order valence-electron chi connectivity index (χ2n) is 7.27. The van der Waals surface area contributed by atoms with Crippen molar-refractivity contribution in [1.82, 2.24) is 0 Å². The van der Waals surface area contributed by atoms with Gasteiger partial charge in [-0.25, -0.2) is 9.59 Å². The maximum Gasteiger partial charge on any atom is 0.367 e. The molecule has 0 aromatic carbocycles. The third-order valence-corrected chi connectivity index (χ3v) is 6.52. The molecule has 2 bridgehead atoms. The van der Waals surface area contributed by atoms with Crippen LogP contribution >= 0.6 is 0 Å². The van der Waals surface area contributed by atoms with E-state index in [9.17, 15) is 24.6 Å². The van der Waals surface area contributed by atoms with Gasteiger partial charge in [0.05, 0.1) is 17.9 Å². The lowest BCUT2D eigenvalue weighted by Gasteiger charge is -2.49. The highest BCUT2D eigenvalue weighted by molar-refractivity contribution is 6.00. The summed E-state index contributed by atoms with van der Waals surface area (Å²) in [7, 11) is 1.10.